The molecule has 4 aromatic carbocycles. The number of fused-ring (bicyclic) bond motifs is 6. The van der Waals surface area contributed by atoms with Crippen LogP contribution in [0.3, 0.4) is 0 Å². The Kier molecular flexibility index (Phi) is 5.29. The van der Waals surface area contributed by atoms with Crippen molar-refractivity contribution in [3.63, 3.8) is 0 Å². The number of pyridine rings is 1. The number of nitrogens with zero attached hydrogens (tertiary/aromatic N) is 3. The Morgan fingerprint density at radius 1 is 0.789 bits per heavy atom. The molecule has 1 unspecified atom stereocenters. The van der Waals surface area contributed by atoms with Crippen LogP contribution in [-0.4, -0.2) is 14.6 Å². The van der Waals surface area contributed by atoms with E-state index >= 15 is 0 Å². The summed E-state index contributed by atoms with van der Waals surface area (Å²) in [6.07, 6.45) is 4.15. The third kappa shape index (κ3) is 3.52. The lowest BCUT2D eigenvalue weighted by Gasteiger charge is -2.09. The number of furan rings is 1. The van der Waals surface area contributed by atoms with E-state index in [1.54, 1.807) is 0 Å². The van der Waals surface area contributed by atoms with Crippen molar-refractivity contribution < 1.29 is 4.42 Å². The van der Waals surface area contributed by atoms with E-state index in [-0.39, 0.29) is 0 Å². The molecule has 186 valence electrons. The molecule has 7 aromatic rings. The molecule has 0 saturated carbocycles. The molecule has 0 aliphatic rings. The van der Waals surface area contributed by atoms with Gasteiger partial charge in [0, 0.05) is 33.5 Å². The van der Waals surface area contributed by atoms with Crippen LogP contribution in [0.1, 0.15) is 44.2 Å². The maximum atomic E-state index is 6.48. The van der Waals surface area contributed by atoms with Crippen molar-refractivity contribution in [2.45, 2.75) is 39.5 Å². The van der Waals surface area contributed by atoms with E-state index in [0.29, 0.717) is 5.92 Å². The van der Waals surface area contributed by atoms with Gasteiger partial charge < -0.3 is 4.42 Å². The monoisotopic (exact) mass is 495 g/mol. The Labute approximate surface area is 221 Å². The van der Waals surface area contributed by atoms with Crippen molar-refractivity contribution in [3.8, 4) is 22.5 Å². The van der Waals surface area contributed by atoms with Gasteiger partial charge in [-0.3, -0.25) is 4.40 Å². The Balaban J connectivity index is 1.35. The Morgan fingerprint density at radius 3 is 2.42 bits per heavy atom. The van der Waals surface area contributed by atoms with Gasteiger partial charge in [0.05, 0.1) is 0 Å². The van der Waals surface area contributed by atoms with Crippen LogP contribution in [0, 0.1) is 0 Å². The quantitative estimate of drug-likeness (QED) is 0.239. The van der Waals surface area contributed by atoms with Crippen molar-refractivity contribution in [3.05, 3.63) is 102 Å². The highest BCUT2D eigenvalue weighted by Gasteiger charge is 2.17. The first-order valence-corrected chi connectivity index (χ1v) is 13.5. The normalized spacial score (nSPS) is 12.7. The third-order valence-electron chi connectivity index (χ3n) is 8.00. The van der Waals surface area contributed by atoms with Gasteiger partial charge in [0.1, 0.15) is 11.2 Å². The summed E-state index contributed by atoms with van der Waals surface area (Å²) in [4.78, 5) is 0. The molecule has 0 aliphatic heterocycles. The highest BCUT2D eigenvalue weighted by atomic mass is 16.3. The first-order chi connectivity index (χ1) is 18.6. The van der Waals surface area contributed by atoms with Gasteiger partial charge >= 0.3 is 0 Å². The lowest BCUT2D eigenvalue weighted by Crippen LogP contribution is -1.91. The van der Waals surface area contributed by atoms with Gasteiger partial charge in [-0.05, 0) is 71.2 Å². The molecule has 3 heterocycles. The molecule has 7 rings (SSSR count). The van der Waals surface area contributed by atoms with E-state index < -0.39 is 0 Å². The number of aromatic nitrogens is 3. The molecule has 0 fully saturated rings. The average molecular weight is 496 g/mol. The molecule has 0 amide bonds. The SMILES string of the molecule is CCc1cc(-c2ccc(-c3nnc4c5ccccc5ccn34)cc2)c2oc3ccc(C(C)CC)cc3c2c1. The minimum Gasteiger partial charge on any atom is -0.455 e. The van der Waals surface area contributed by atoms with E-state index in [4.69, 9.17) is 4.42 Å². The second-order valence-electron chi connectivity index (χ2n) is 10.2. The zero-order chi connectivity index (χ0) is 25.8. The molecule has 4 nitrogen and oxygen atoms in total. The van der Waals surface area contributed by atoms with Crippen LogP contribution in [0.15, 0.2) is 95.5 Å². The summed E-state index contributed by atoms with van der Waals surface area (Å²) in [5.41, 5.74) is 8.73. The zero-order valence-electron chi connectivity index (χ0n) is 21.9. The summed E-state index contributed by atoms with van der Waals surface area (Å²) in [6.45, 7) is 6.74. The second kappa shape index (κ2) is 8.84. The van der Waals surface area contributed by atoms with Gasteiger partial charge in [-0.25, -0.2) is 0 Å². The van der Waals surface area contributed by atoms with Crippen molar-refractivity contribution in [2.24, 2.45) is 0 Å². The van der Waals surface area contributed by atoms with E-state index in [0.717, 1.165) is 62.9 Å². The summed E-state index contributed by atoms with van der Waals surface area (Å²) in [7, 11) is 0. The third-order valence-corrected chi connectivity index (χ3v) is 8.00. The van der Waals surface area contributed by atoms with Crippen LogP contribution in [-0.2, 0) is 6.42 Å². The van der Waals surface area contributed by atoms with E-state index in [1.807, 2.05) is 12.1 Å². The van der Waals surface area contributed by atoms with Crippen molar-refractivity contribution in [1.29, 1.82) is 0 Å². The predicted molar refractivity (Wildman–Crippen MR) is 157 cm³/mol. The predicted octanol–water partition coefficient (Wildman–Crippen LogP) is 9.19. The topological polar surface area (TPSA) is 43.3 Å². The summed E-state index contributed by atoms with van der Waals surface area (Å²) in [5.74, 6) is 1.36. The molecule has 3 aromatic heterocycles. The molecule has 4 heteroatoms. The first kappa shape index (κ1) is 22.7. The molecule has 0 aliphatic carbocycles. The zero-order valence-corrected chi connectivity index (χ0v) is 21.9. The van der Waals surface area contributed by atoms with Gasteiger partial charge in [-0.1, -0.05) is 75.4 Å². The molecule has 0 saturated heterocycles. The smallest absolute Gasteiger partial charge is 0.168 e. The number of aryl methyl sites for hydroxylation is 1. The van der Waals surface area contributed by atoms with Gasteiger partial charge in [-0.15, -0.1) is 10.2 Å². The summed E-state index contributed by atoms with van der Waals surface area (Å²) < 4.78 is 8.55. The number of rotatable bonds is 5. The molecule has 1 atom stereocenters. The lowest BCUT2D eigenvalue weighted by atomic mass is 9.95. The summed E-state index contributed by atoms with van der Waals surface area (Å²) in [5, 5.41) is 13.7. The van der Waals surface area contributed by atoms with E-state index in [2.05, 4.69) is 114 Å². The second-order valence-corrected chi connectivity index (χ2v) is 10.2. The fourth-order valence-corrected chi connectivity index (χ4v) is 5.53. The Morgan fingerprint density at radius 2 is 1.61 bits per heavy atom. The molecule has 0 bridgehead atoms. The van der Waals surface area contributed by atoms with Crippen LogP contribution < -0.4 is 0 Å². The van der Waals surface area contributed by atoms with Gasteiger partial charge in [0.2, 0.25) is 0 Å². The highest BCUT2D eigenvalue weighted by Crippen LogP contribution is 2.39. The summed E-state index contributed by atoms with van der Waals surface area (Å²) >= 11 is 0. The van der Waals surface area contributed by atoms with Crippen LogP contribution >= 0.6 is 0 Å². The van der Waals surface area contributed by atoms with Crippen LogP contribution in [0.5, 0.6) is 0 Å². The number of benzene rings is 4. The van der Waals surface area contributed by atoms with Gasteiger partial charge in [-0.2, -0.15) is 0 Å². The van der Waals surface area contributed by atoms with Crippen molar-refractivity contribution in [2.75, 3.05) is 0 Å². The lowest BCUT2D eigenvalue weighted by molar-refractivity contribution is 0.669. The van der Waals surface area contributed by atoms with Crippen LogP contribution in [0.25, 0.3) is 60.9 Å². The molecule has 0 radical (unpaired) electrons. The molecular formula is C34H29N3O. The molecule has 0 N–H and O–H groups in total. The van der Waals surface area contributed by atoms with Crippen molar-refractivity contribution >= 4 is 38.4 Å². The standard InChI is InChI=1S/C34H29N3O/c1-4-21(3)26-14-15-31-29(20-26)30-19-22(5-2)18-28(32(30)38-31)24-10-12-25(13-11-24)33-35-36-34-27-9-7-6-8-23(27)16-17-37(33)34/h6-21H,4-5H2,1-3H3. The maximum Gasteiger partial charge on any atom is 0.168 e. The maximum absolute atomic E-state index is 6.48. The number of hydrogen-bond donors (Lipinski definition) is 0. The van der Waals surface area contributed by atoms with E-state index in [9.17, 15) is 0 Å². The van der Waals surface area contributed by atoms with Gasteiger partial charge in [0.25, 0.3) is 0 Å². The Hall–Kier alpha value is -4.44. The average Bonchev–Trinajstić information content (AvgIpc) is 3.58. The summed E-state index contributed by atoms with van der Waals surface area (Å²) in [6, 6.07) is 30.2. The molecule has 38 heavy (non-hydrogen) atoms. The van der Waals surface area contributed by atoms with Gasteiger partial charge in [0.15, 0.2) is 11.5 Å². The van der Waals surface area contributed by atoms with E-state index in [1.165, 1.54) is 21.9 Å². The minimum absolute atomic E-state index is 0.525. The largest absolute Gasteiger partial charge is 0.455 e. The van der Waals surface area contributed by atoms with Crippen LogP contribution in [0.2, 0.25) is 0 Å². The number of hydrogen-bond acceptors (Lipinski definition) is 3. The molecular weight excluding hydrogens is 466 g/mol. The van der Waals surface area contributed by atoms with Crippen molar-refractivity contribution in [1.82, 2.24) is 14.6 Å². The Bertz CT molecular complexity index is 1960. The first-order valence-electron chi connectivity index (χ1n) is 13.5. The highest BCUT2D eigenvalue weighted by molar-refractivity contribution is 6.10. The fraction of sp³-hybridized carbons (Fsp3) is 0.176. The fourth-order valence-electron chi connectivity index (χ4n) is 5.53. The minimum atomic E-state index is 0.525. The van der Waals surface area contributed by atoms with Crippen LogP contribution in [0.4, 0.5) is 0 Å². The molecule has 0 spiro atoms.